The van der Waals surface area contributed by atoms with Gasteiger partial charge in [-0.2, -0.15) is 0 Å². The number of halogens is 1. The van der Waals surface area contributed by atoms with Gasteiger partial charge in [0.05, 0.1) is 12.7 Å². The maximum absolute atomic E-state index is 11.8. The highest BCUT2D eigenvalue weighted by Gasteiger charge is 2.17. The third-order valence-electron chi connectivity index (χ3n) is 2.85. The fraction of sp³-hybridized carbons (Fsp3) is 0.200. The van der Waals surface area contributed by atoms with Crippen LogP contribution in [0.5, 0.6) is 0 Å². The van der Waals surface area contributed by atoms with Gasteiger partial charge in [-0.05, 0) is 42.9 Å². The number of esters is 1. The third kappa shape index (κ3) is 4.19. The number of hydrogen-bond donors (Lipinski definition) is 2. The molecule has 116 valence electrons. The van der Waals surface area contributed by atoms with Crippen molar-refractivity contribution in [2.75, 3.05) is 17.7 Å². The minimum Gasteiger partial charge on any atom is -0.465 e. The Kier molecular flexibility index (Phi) is 5.76. The second-order valence-corrected chi connectivity index (χ2v) is 6.37. The first-order valence-corrected chi connectivity index (χ1v) is 8.18. The highest BCUT2D eigenvalue weighted by atomic mass is 35.5. The van der Waals surface area contributed by atoms with Crippen molar-refractivity contribution in [1.82, 2.24) is 0 Å². The van der Waals surface area contributed by atoms with Gasteiger partial charge < -0.3 is 15.4 Å². The predicted molar refractivity (Wildman–Crippen MR) is 96.3 cm³/mol. The number of anilines is 2. The van der Waals surface area contributed by atoms with Crippen LogP contribution in [0.15, 0.2) is 30.3 Å². The van der Waals surface area contributed by atoms with Crippen LogP contribution in [0.25, 0.3) is 0 Å². The largest absolute Gasteiger partial charge is 0.465 e. The van der Waals surface area contributed by atoms with Crippen molar-refractivity contribution in [2.24, 2.45) is 0 Å². The number of carbonyl (C=O) groups excluding carboxylic acids is 1. The summed E-state index contributed by atoms with van der Waals surface area (Å²) in [6.45, 7) is 2.03. The third-order valence-corrected chi connectivity index (χ3v) is 4.48. The molecule has 0 bridgehead atoms. The molecule has 0 aliphatic heterocycles. The van der Waals surface area contributed by atoms with Gasteiger partial charge in [0.25, 0.3) is 0 Å². The molecular formula is C15H15ClN2O2S2. The summed E-state index contributed by atoms with van der Waals surface area (Å²) in [6.07, 6.45) is 0.838. The minimum atomic E-state index is -0.385. The average molecular weight is 355 g/mol. The fourth-order valence-electron chi connectivity index (χ4n) is 1.80. The van der Waals surface area contributed by atoms with Crippen molar-refractivity contribution in [1.29, 1.82) is 0 Å². The molecule has 7 heteroatoms. The van der Waals surface area contributed by atoms with Gasteiger partial charge in [-0.15, -0.1) is 11.3 Å². The van der Waals surface area contributed by atoms with Gasteiger partial charge in [0.15, 0.2) is 5.11 Å². The van der Waals surface area contributed by atoms with E-state index >= 15 is 0 Å². The van der Waals surface area contributed by atoms with Gasteiger partial charge in [0.1, 0.15) is 5.00 Å². The van der Waals surface area contributed by atoms with Crippen LogP contribution in [0.4, 0.5) is 10.7 Å². The predicted octanol–water partition coefficient (Wildman–Crippen LogP) is 4.56. The number of nitrogens with one attached hydrogen (secondary N) is 2. The Hall–Kier alpha value is -1.63. The Bertz CT molecular complexity index is 701. The lowest BCUT2D eigenvalue weighted by Gasteiger charge is -2.10. The molecule has 2 aromatic rings. The van der Waals surface area contributed by atoms with E-state index in [1.165, 1.54) is 18.4 Å². The molecule has 1 aromatic carbocycles. The van der Waals surface area contributed by atoms with E-state index in [0.717, 1.165) is 17.0 Å². The molecule has 22 heavy (non-hydrogen) atoms. The van der Waals surface area contributed by atoms with E-state index in [2.05, 4.69) is 10.6 Å². The van der Waals surface area contributed by atoms with Crippen molar-refractivity contribution >= 4 is 56.9 Å². The molecule has 0 aliphatic rings. The maximum Gasteiger partial charge on any atom is 0.340 e. The van der Waals surface area contributed by atoms with E-state index < -0.39 is 0 Å². The van der Waals surface area contributed by atoms with Crippen molar-refractivity contribution in [3.05, 3.63) is 45.8 Å². The normalized spacial score (nSPS) is 10.1. The summed E-state index contributed by atoms with van der Waals surface area (Å²) >= 11 is 12.7. The number of aryl methyl sites for hydroxylation is 1. The topological polar surface area (TPSA) is 50.4 Å². The molecule has 1 aromatic heterocycles. The number of thiocarbonyl (C=S) groups is 1. The molecule has 0 aliphatic carbocycles. The number of thiophene rings is 1. The molecule has 0 amide bonds. The summed E-state index contributed by atoms with van der Waals surface area (Å²) in [5.74, 6) is -0.385. The Balaban J connectivity index is 2.14. The van der Waals surface area contributed by atoms with E-state index in [4.69, 9.17) is 28.6 Å². The van der Waals surface area contributed by atoms with Crippen LogP contribution in [0.2, 0.25) is 5.02 Å². The first-order chi connectivity index (χ1) is 10.5. The quantitative estimate of drug-likeness (QED) is 0.622. The number of methoxy groups -OCH3 is 1. The molecule has 0 saturated heterocycles. The molecule has 0 fully saturated rings. The van der Waals surface area contributed by atoms with Crippen molar-refractivity contribution in [3.8, 4) is 0 Å². The SMILES string of the molecule is CCc1cc(C(=O)OC)c(NC(=S)Nc2cccc(Cl)c2)s1. The Morgan fingerprint density at radius 1 is 1.36 bits per heavy atom. The average Bonchev–Trinajstić information content (AvgIpc) is 2.89. The molecule has 2 N–H and O–H groups in total. The van der Waals surface area contributed by atoms with E-state index in [9.17, 15) is 4.79 Å². The van der Waals surface area contributed by atoms with Crippen LogP contribution < -0.4 is 10.6 Å². The van der Waals surface area contributed by atoms with Crippen molar-refractivity contribution in [3.63, 3.8) is 0 Å². The highest BCUT2D eigenvalue weighted by Crippen LogP contribution is 2.29. The Morgan fingerprint density at radius 3 is 2.77 bits per heavy atom. The zero-order valence-electron chi connectivity index (χ0n) is 12.1. The van der Waals surface area contributed by atoms with Crippen LogP contribution >= 0.6 is 35.2 Å². The van der Waals surface area contributed by atoms with Crippen LogP contribution in [0.1, 0.15) is 22.2 Å². The summed E-state index contributed by atoms with van der Waals surface area (Å²) < 4.78 is 4.80. The van der Waals surface area contributed by atoms with E-state index in [1.54, 1.807) is 12.1 Å². The van der Waals surface area contributed by atoms with Crippen LogP contribution in [-0.2, 0) is 11.2 Å². The van der Waals surface area contributed by atoms with Gasteiger partial charge in [0.2, 0.25) is 0 Å². The van der Waals surface area contributed by atoms with Crippen molar-refractivity contribution in [2.45, 2.75) is 13.3 Å². The molecule has 0 atom stereocenters. The Morgan fingerprint density at radius 2 is 2.14 bits per heavy atom. The second-order valence-electron chi connectivity index (χ2n) is 4.39. The van der Waals surface area contributed by atoms with E-state index in [0.29, 0.717) is 20.7 Å². The molecule has 0 saturated carbocycles. The highest BCUT2D eigenvalue weighted by molar-refractivity contribution is 7.80. The molecule has 2 rings (SSSR count). The zero-order valence-corrected chi connectivity index (χ0v) is 14.5. The summed E-state index contributed by atoms with van der Waals surface area (Å²) in [5.41, 5.74) is 1.26. The van der Waals surface area contributed by atoms with Gasteiger partial charge in [-0.1, -0.05) is 24.6 Å². The van der Waals surface area contributed by atoms with Gasteiger partial charge in [-0.3, -0.25) is 0 Å². The fourth-order valence-corrected chi connectivity index (χ4v) is 3.27. The van der Waals surface area contributed by atoms with Gasteiger partial charge in [-0.25, -0.2) is 4.79 Å². The lowest BCUT2D eigenvalue weighted by atomic mass is 10.2. The van der Waals surface area contributed by atoms with E-state index in [1.807, 2.05) is 25.1 Å². The molecule has 4 nitrogen and oxygen atoms in total. The number of carbonyl (C=O) groups is 1. The number of ether oxygens (including phenoxy) is 1. The van der Waals surface area contributed by atoms with E-state index in [-0.39, 0.29) is 5.97 Å². The lowest BCUT2D eigenvalue weighted by Crippen LogP contribution is -2.19. The first kappa shape index (κ1) is 16.7. The monoisotopic (exact) mass is 354 g/mol. The van der Waals surface area contributed by atoms with Crippen LogP contribution in [0, 0.1) is 0 Å². The summed E-state index contributed by atoms with van der Waals surface area (Å²) in [7, 11) is 1.36. The molecule has 0 unspecified atom stereocenters. The zero-order chi connectivity index (χ0) is 16.1. The molecule has 0 spiro atoms. The number of benzene rings is 1. The second kappa shape index (κ2) is 7.58. The van der Waals surface area contributed by atoms with Crippen LogP contribution in [0.3, 0.4) is 0 Å². The Labute approximate surface area is 143 Å². The molecular weight excluding hydrogens is 340 g/mol. The smallest absolute Gasteiger partial charge is 0.340 e. The molecule has 0 radical (unpaired) electrons. The summed E-state index contributed by atoms with van der Waals surface area (Å²) in [6, 6.07) is 9.05. The first-order valence-electron chi connectivity index (χ1n) is 6.58. The van der Waals surface area contributed by atoms with Gasteiger partial charge >= 0.3 is 5.97 Å². The lowest BCUT2D eigenvalue weighted by molar-refractivity contribution is 0.0602. The van der Waals surface area contributed by atoms with Crippen molar-refractivity contribution < 1.29 is 9.53 Å². The maximum atomic E-state index is 11.8. The standard InChI is InChI=1S/C15H15ClN2O2S2/c1-3-11-8-12(14(19)20-2)13(22-11)18-15(21)17-10-6-4-5-9(16)7-10/h4-8H,3H2,1-2H3,(H2,17,18,21). The minimum absolute atomic E-state index is 0.385. The van der Waals surface area contributed by atoms with Crippen LogP contribution in [-0.4, -0.2) is 18.2 Å². The summed E-state index contributed by atoms with van der Waals surface area (Å²) in [5, 5.41) is 7.75. The van der Waals surface area contributed by atoms with Gasteiger partial charge in [0, 0.05) is 15.6 Å². The molecule has 1 heterocycles. The number of hydrogen-bond acceptors (Lipinski definition) is 4. The number of rotatable bonds is 4. The summed E-state index contributed by atoms with van der Waals surface area (Å²) in [4.78, 5) is 12.9.